The van der Waals surface area contributed by atoms with E-state index in [1.54, 1.807) is 0 Å². The van der Waals surface area contributed by atoms with Crippen molar-refractivity contribution in [3.8, 4) is 0 Å². The normalized spacial score (nSPS) is 22.0. The third-order valence-electron chi connectivity index (χ3n) is 5.24. The molecule has 1 aromatic rings. The van der Waals surface area contributed by atoms with Gasteiger partial charge in [-0.3, -0.25) is 9.69 Å². The number of benzene rings is 1. The van der Waals surface area contributed by atoms with Crippen molar-refractivity contribution in [3.05, 3.63) is 35.4 Å². The van der Waals surface area contributed by atoms with Crippen LogP contribution in [0.25, 0.3) is 0 Å². The van der Waals surface area contributed by atoms with E-state index >= 15 is 0 Å². The number of hydrogen-bond acceptors (Lipinski definition) is 3. The number of hydrogen-bond donors (Lipinski definition) is 1. The number of carbonyl (C=O) groups excluding carboxylic acids is 1. The molecule has 1 aliphatic heterocycles. The van der Waals surface area contributed by atoms with Crippen LogP contribution in [0.15, 0.2) is 24.3 Å². The zero-order valence-electron chi connectivity index (χ0n) is 13.6. The second-order valence-corrected chi connectivity index (χ2v) is 6.86. The van der Waals surface area contributed by atoms with Crippen molar-refractivity contribution < 1.29 is 4.79 Å². The van der Waals surface area contributed by atoms with Crippen LogP contribution in [-0.4, -0.2) is 47.4 Å². The summed E-state index contributed by atoms with van der Waals surface area (Å²) < 4.78 is 0. The molecule has 0 atom stereocenters. The van der Waals surface area contributed by atoms with Gasteiger partial charge in [0.15, 0.2) is 0 Å². The fraction of sp³-hybridized carbons (Fsp3) is 0.611. The van der Waals surface area contributed by atoms with E-state index in [-0.39, 0.29) is 5.91 Å². The molecular formula is C18H27N3O. The van der Waals surface area contributed by atoms with Gasteiger partial charge < -0.3 is 10.6 Å². The first kappa shape index (κ1) is 15.5. The second kappa shape index (κ2) is 6.39. The largest absolute Gasteiger partial charge is 0.339 e. The van der Waals surface area contributed by atoms with Crippen LogP contribution in [-0.2, 0) is 11.3 Å². The van der Waals surface area contributed by atoms with Crippen LogP contribution in [0.2, 0.25) is 0 Å². The van der Waals surface area contributed by atoms with Gasteiger partial charge in [-0.15, -0.1) is 0 Å². The number of amides is 1. The second-order valence-electron chi connectivity index (χ2n) is 6.86. The number of carbonyl (C=O) groups is 1. The van der Waals surface area contributed by atoms with Crippen LogP contribution < -0.4 is 5.73 Å². The molecule has 4 heteroatoms. The highest BCUT2D eigenvalue weighted by molar-refractivity contribution is 5.86. The highest BCUT2D eigenvalue weighted by Crippen LogP contribution is 2.29. The zero-order chi connectivity index (χ0) is 15.6. The molecule has 22 heavy (non-hydrogen) atoms. The Labute approximate surface area is 133 Å². The standard InChI is InChI=1S/C18H27N3O/c1-15-6-2-3-7-16(15)14-20-10-12-21(13-11-20)17(22)18(19)8-4-5-9-18/h2-3,6-7H,4-5,8-14,19H2,1H3. The van der Waals surface area contributed by atoms with Crippen molar-refractivity contribution in [1.29, 1.82) is 0 Å². The topological polar surface area (TPSA) is 49.6 Å². The van der Waals surface area contributed by atoms with Gasteiger partial charge in [0.1, 0.15) is 0 Å². The first-order chi connectivity index (χ1) is 10.6. The first-order valence-corrected chi connectivity index (χ1v) is 8.44. The molecular weight excluding hydrogens is 274 g/mol. The molecule has 0 unspecified atom stereocenters. The van der Waals surface area contributed by atoms with Gasteiger partial charge in [-0.2, -0.15) is 0 Å². The van der Waals surface area contributed by atoms with Gasteiger partial charge in [0, 0.05) is 32.7 Å². The molecule has 2 fully saturated rings. The SMILES string of the molecule is Cc1ccccc1CN1CCN(C(=O)C2(N)CCCC2)CC1. The van der Waals surface area contributed by atoms with Gasteiger partial charge in [0.2, 0.25) is 5.91 Å². The molecule has 2 N–H and O–H groups in total. The quantitative estimate of drug-likeness (QED) is 0.928. The fourth-order valence-corrected chi connectivity index (χ4v) is 3.67. The van der Waals surface area contributed by atoms with E-state index in [0.717, 1.165) is 58.4 Å². The third kappa shape index (κ3) is 3.18. The monoisotopic (exact) mass is 301 g/mol. The fourth-order valence-electron chi connectivity index (χ4n) is 3.67. The smallest absolute Gasteiger partial charge is 0.242 e. The van der Waals surface area contributed by atoms with Crippen molar-refractivity contribution in [2.24, 2.45) is 5.73 Å². The van der Waals surface area contributed by atoms with Gasteiger partial charge in [0.25, 0.3) is 0 Å². The predicted molar refractivity (Wildman–Crippen MR) is 88.4 cm³/mol. The van der Waals surface area contributed by atoms with E-state index in [9.17, 15) is 4.79 Å². The van der Waals surface area contributed by atoms with E-state index in [1.165, 1.54) is 11.1 Å². The van der Waals surface area contributed by atoms with E-state index in [2.05, 4.69) is 36.1 Å². The van der Waals surface area contributed by atoms with E-state index in [1.807, 2.05) is 4.90 Å². The van der Waals surface area contributed by atoms with Gasteiger partial charge in [-0.25, -0.2) is 0 Å². The Bertz CT molecular complexity index is 529. The maximum Gasteiger partial charge on any atom is 0.242 e. The Morgan fingerprint density at radius 2 is 1.77 bits per heavy atom. The maximum atomic E-state index is 12.6. The van der Waals surface area contributed by atoms with Crippen LogP contribution >= 0.6 is 0 Å². The Morgan fingerprint density at radius 3 is 2.41 bits per heavy atom. The summed E-state index contributed by atoms with van der Waals surface area (Å²) in [7, 11) is 0. The molecule has 1 heterocycles. The lowest BCUT2D eigenvalue weighted by Gasteiger charge is -2.38. The summed E-state index contributed by atoms with van der Waals surface area (Å²) in [6, 6.07) is 8.53. The molecule has 1 aromatic carbocycles. The molecule has 0 bridgehead atoms. The molecule has 1 saturated heterocycles. The molecule has 0 radical (unpaired) electrons. The number of piperazine rings is 1. The Morgan fingerprint density at radius 1 is 1.14 bits per heavy atom. The molecule has 1 aliphatic carbocycles. The molecule has 0 aromatic heterocycles. The minimum Gasteiger partial charge on any atom is -0.339 e. The van der Waals surface area contributed by atoms with Gasteiger partial charge in [-0.05, 0) is 30.9 Å². The molecule has 120 valence electrons. The number of rotatable bonds is 3. The van der Waals surface area contributed by atoms with Crippen LogP contribution in [0.3, 0.4) is 0 Å². The summed E-state index contributed by atoms with van der Waals surface area (Å²) in [6.45, 7) is 6.63. The van der Waals surface area contributed by atoms with E-state index < -0.39 is 5.54 Å². The minimum atomic E-state index is -0.571. The van der Waals surface area contributed by atoms with Gasteiger partial charge in [-0.1, -0.05) is 37.1 Å². The Kier molecular flexibility index (Phi) is 4.50. The van der Waals surface area contributed by atoms with Crippen molar-refractivity contribution in [2.45, 2.75) is 44.7 Å². The third-order valence-corrected chi connectivity index (χ3v) is 5.24. The minimum absolute atomic E-state index is 0.181. The Hall–Kier alpha value is -1.39. The lowest BCUT2D eigenvalue weighted by molar-refractivity contribution is -0.138. The van der Waals surface area contributed by atoms with Crippen LogP contribution in [0, 0.1) is 6.92 Å². The predicted octanol–water partition coefficient (Wildman–Crippen LogP) is 1.91. The molecule has 2 aliphatic rings. The maximum absolute atomic E-state index is 12.6. The molecule has 3 rings (SSSR count). The molecule has 1 amide bonds. The van der Waals surface area contributed by atoms with Crippen LogP contribution in [0.5, 0.6) is 0 Å². The average molecular weight is 301 g/mol. The summed E-state index contributed by atoms with van der Waals surface area (Å²) in [4.78, 5) is 17.0. The highest BCUT2D eigenvalue weighted by atomic mass is 16.2. The van der Waals surface area contributed by atoms with Crippen molar-refractivity contribution in [3.63, 3.8) is 0 Å². The number of aryl methyl sites for hydroxylation is 1. The van der Waals surface area contributed by atoms with E-state index in [0.29, 0.717) is 0 Å². The lowest BCUT2D eigenvalue weighted by Crippen LogP contribution is -2.58. The van der Waals surface area contributed by atoms with E-state index in [4.69, 9.17) is 5.73 Å². The van der Waals surface area contributed by atoms with Crippen molar-refractivity contribution in [1.82, 2.24) is 9.80 Å². The zero-order valence-corrected chi connectivity index (χ0v) is 13.6. The highest BCUT2D eigenvalue weighted by Gasteiger charge is 2.40. The molecule has 1 saturated carbocycles. The van der Waals surface area contributed by atoms with Crippen LogP contribution in [0.1, 0.15) is 36.8 Å². The molecule has 4 nitrogen and oxygen atoms in total. The summed E-state index contributed by atoms with van der Waals surface area (Å²) >= 11 is 0. The van der Waals surface area contributed by atoms with Crippen LogP contribution in [0.4, 0.5) is 0 Å². The lowest BCUT2D eigenvalue weighted by atomic mass is 9.97. The number of nitrogens with zero attached hydrogens (tertiary/aromatic N) is 2. The average Bonchev–Trinajstić information content (AvgIpc) is 2.98. The van der Waals surface area contributed by atoms with Crippen molar-refractivity contribution in [2.75, 3.05) is 26.2 Å². The summed E-state index contributed by atoms with van der Waals surface area (Å²) in [6.07, 6.45) is 3.90. The molecule has 0 spiro atoms. The number of nitrogens with two attached hydrogens (primary N) is 1. The first-order valence-electron chi connectivity index (χ1n) is 8.44. The Balaban J connectivity index is 1.54. The summed E-state index contributed by atoms with van der Waals surface area (Å²) in [5, 5.41) is 0. The van der Waals surface area contributed by atoms with Gasteiger partial charge in [0.05, 0.1) is 5.54 Å². The summed E-state index contributed by atoms with van der Waals surface area (Å²) in [5.41, 5.74) is 8.46. The van der Waals surface area contributed by atoms with Gasteiger partial charge >= 0.3 is 0 Å². The van der Waals surface area contributed by atoms with Crippen molar-refractivity contribution >= 4 is 5.91 Å². The summed E-state index contributed by atoms with van der Waals surface area (Å²) in [5.74, 6) is 0.181.